The molecule has 2 aromatic heterocycles. The summed E-state index contributed by atoms with van der Waals surface area (Å²) in [7, 11) is 1.84. The maximum atomic E-state index is 12.5. The van der Waals surface area contributed by atoms with Crippen molar-refractivity contribution in [2.24, 2.45) is 0 Å². The number of aryl methyl sites for hydroxylation is 2. The molecule has 0 saturated carbocycles. The number of anilines is 1. The van der Waals surface area contributed by atoms with Gasteiger partial charge >= 0.3 is 5.97 Å². The molecule has 0 aliphatic rings. The van der Waals surface area contributed by atoms with Gasteiger partial charge in [-0.3, -0.25) is 9.78 Å². The van der Waals surface area contributed by atoms with Crippen LogP contribution in [0.5, 0.6) is 0 Å². The largest absolute Gasteiger partial charge is 0.480 e. The molecular formula is C24H24Cl2N4O3. The van der Waals surface area contributed by atoms with Gasteiger partial charge in [0, 0.05) is 31.1 Å². The van der Waals surface area contributed by atoms with Gasteiger partial charge in [-0.1, -0.05) is 41.4 Å². The lowest BCUT2D eigenvalue weighted by Crippen LogP contribution is -2.42. The average Bonchev–Trinajstić information content (AvgIpc) is 2.79. The van der Waals surface area contributed by atoms with Crippen molar-refractivity contribution >= 4 is 40.9 Å². The van der Waals surface area contributed by atoms with Gasteiger partial charge in [0.25, 0.3) is 5.91 Å². The number of carboxylic acids is 1. The number of amides is 1. The Morgan fingerprint density at radius 2 is 1.73 bits per heavy atom. The molecular weight excluding hydrogens is 463 g/mol. The summed E-state index contributed by atoms with van der Waals surface area (Å²) >= 11 is 12.1. The fourth-order valence-electron chi connectivity index (χ4n) is 3.31. The van der Waals surface area contributed by atoms with Gasteiger partial charge < -0.3 is 15.7 Å². The molecule has 1 atom stereocenters. The third-order valence-electron chi connectivity index (χ3n) is 5.05. The van der Waals surface area contributed by atoms with E-state index in [9.17, 15) is 14.7 Å². The number of nitrogens with one attached hydrogen (secondary N) is 2. The first-order valence-electron chi connectivity index (χ1n) is 10.4. The van der Waals surface area contributed by atoms with E-state index >= 15 is 0 Å². The lowest BCUT2D eigenvalue weighted by molar-refractivity contribution is -0.139. The minimum absolute atomic E-state index is 0.0319. The van der Waals surface area contributed by atoms with E-state index in [1.807, 2.05) is 31.3 Å². The number of hydrogen-bond donors (Lipinski definition) is 3. The molecule has 7 nitrogen and oxygen atoms in total. The Bertz CT molecular complexity index is 1100. The molecule has 0 saturated heterocycles. The van der Waals surface area contributed by atoms with Crippen molar-refractivity contribution in [1.29, 1.82) is 0 Å². The van der Waals surface area contributed by atoms with Crippen molar-refractivity contribution in [2.45, 2.75) is 31.7 Å². The second-order valence-electron chi connectivity index (χ2n) is 7.44. The highest BCUT2D eigenvalue weighted by Gasteiger charge is 2.24. The summed E-state index contributed by atoms with van der Waals surface area (Å²) in [6.45, 7) is 0. The first kappa shape index (κ1) is 24.5. The zero-order chi connectivity index (χ0) is 23.8. The average molecular weight is 487 g/mol. The summed E-state index contributed by atoms with van der Waals surface area (Å²) < 4.78 is 0. The molecule has 3 aromatic rings. The van der Waals surface area contributed by atoms with Crippen LogP contribution in [0, 0.1) is 0 Å². The standard InChI is InChI=1S/C24H24Cl2N4O3/c1-27-21-10-3-7-16(29-21)6-2-5-15-11-12-17(28-14-15)13-20(24(32)33)30-23(31)22-18(25)8-4-9-19(22)26/h3-4,7-12,14,20H,2,5-6,13H2,1H3,(H,27,29)(H,30,31)(H,32,33)/t20-/m0/s1. The van der Waals surface area contributed by atoms with Crippen LogP contribution in [0.2, 0.25) is 10.0 Å². The number of aromatic nitrogens is 2. The predicted octanol–water partition coefficient (Wildman–Crippen LogP) is 4.43. The second-order valence-corrected chi connectivity index (χ2v) is 8.25. The van der Waals surface area contributed by atoms with E-state index < -0.39 is 17.9 Å². The van der Waals surface area contributed by atoms with E-state index in [4.69, 9.17) is 23.2 Å². The Morgan fingerprint density at radius 1 is 1.00 bits per heavy atom. The van der Waals surface area contributed by atoms with Crippen LogP contribution in [-0.2, 0) is 24.1 Å². The fraction of sp³-hybridized carbons (Fsp3) is 0.250. The second kappa shape index (κ2) is 11.6. The molecule has 0 spiro atoms. The number of hydrogen-bond acceptors (Lipinski definition) is 5. The molecule has 1 amide bonds. The van der Waals surface area contributed by atoms with Crippen molar-refractivity contribution in [2.75, 3.05) is 12.4 Å². The van der Waals surface area contributed by atoms with E-state index in [0.29, 0.717) is 5.69 Å². The number of carbonyl (C=O) groups is 2. The zero-order valence-corrected chi connectivity index (χ0v) is 19.5. The number of benzene rings is 1. The smallest absolute Gasteiger partial charge is 0.326 e. The minimum atomic E-state index is -1.17. The summed E-state index contributed by atoms with van der Waals surface area (Å²) in [6, 6.07) is 13.1. The molecule has 1 aromatic carbocycles. The van der Waals surface area contributed by atoms with Crippen LogP contribution in [0.3, 0.4) is 0 Å². The Kier molecular flexibility index (Phi) is 8.63. The number of halogens is 2. The molecule has 0 unspecified atom stereocenters. The van der Waals surface area contributed by atoms with Crippen molar-refractivity contribution in [1.82, 2.24) is 15.3 Å². The third-order valence-corrected chi connectivity index (χ3v) is 5.68. The Hall–Kier alpha value is -3.16. The van der Waals surface area contributed by atoms with Crippen LogP contribution in [0.25, 0.3) is 0 Å². The minimum Gasteiger partial charge on any atom is -0.480 e. The van der Waals surface area contributed by atoms with Crippen molar-refractivity contribution in [3.63, 3.8) is 0 Å². The lowest BCUT2D eigenvalue weighted by Gasteiger charge is -2.15. The quantitative estimate of drug-likeness (QED) is 0.391. The third kappa shape index (κ3) is 6.91. The molecule has 0 aliphatic carbocycles. The van der Waals surface area contributed by atoms with E-state index in [1.54, 1.807) is 18.3 Å². The topological polar surface area (TPSA) is 104 Å². The maximum Gasteiger partial charge on any atom is 0.326 e. The number of carboxylic acid groups (broad SMARTS) is 1. The van der Waals surface area contributed by atoms with Crippen LogP contribution in [0.15, 0.2) is 54.7 Å². The van der Waals surface area contributed by atoms with Crippen molar-refractivity contribution < 1.29 is 14.7 Å². The van der Waals surface area contributed by atoms with Crippen LogP contribution in [0.4, 0.5) is 5.82 Å². The monoisotopic (exact) mass is 486 g/mol. The molecule has 33 heavy (non-hydrogen) atoms. The highest BCUT2D eigenvalue weighted by atomic mass is 35.5. The molecule has 3 N–H and O–H groups in total. The maximum absolute atomic E-state index is 12.5. The Balaban J connectivity index is 1.57. The lowest BCUT2D eigenvalue weighted by atomic mass is 10.1. The van der Waals surface area contributed by atoms with Gasteiger partial charge in [0.2, 0.25) is 0 Å². The summed E-state index contributed by atoms with van der Waals surface area (Å²) in [6.07, 6.45) is 4.34. The Morgan fingerprint density at radius 3 is 2.36 bits per heavy atom. The van der Waals surface area contributed by atoms with Gasteiger partial charge in [-0.2, -0.15) is 0 Å². The molecule has 0 aliphatic heterocycles. The van der Waals surface area contributed by atoms with E-state index in [1.165, 1.54) is 12.1 Å². The van der Waals surface area contributed by atoms with Crippen LogP contribution in [0.1, 0.15) is 33.7 Å². The summed E-state index contributed by atoms with van der Waals surface area (Å²) in [5, 5.41) is 15.4. The predicted molar refractivity (Wildman–Crippen MR) is 129 cm³/mol. The first-order chi connectivity index (χ1) is 15.9. The number of nitrogens with zero attached hydrogens (tertiary/aromatic N) is 2. The number of carbonyl (C=O) groups excluding carboxylic acids is 1. The molecule has 0 radical (unpaired) electrons. The summed E-state index contributed by atoms with van der Waals surface area (Å²) in [5.74, 6) is -0.977. The summed E-state index contributed by atoms with van der Waals surface area (Å²) in [4.78, 5) is 33.1. The highest BCUT2D eigenvalue weighted by Crippen LogP contribution is 2.24. The SMILES string of the molecule is CNc1cccc(CCCc2ccc(C[C@H](NC(=O)c3c(Cl)cccc3Cl)C(=O)O)nc2)n1. The molecule has 172 valence electrons. The van der Waals surface area contributed by atoms with Crippen LogP contribution >= 0.6 is 23.2 Å². The Labute approximate surface area is 202 Å². The number of pyridine rings is 2. The van der Waals surface area contributed by atoms with Crippen LogP contribution in [-0.4, -0.2) is 40.0 Å². The van der Waals surface area contributed by atoms with Gasteiger partial charge in [-0.05, 0) is 55.2 Å². The number of rotatable bonds is 10. The highest BCUT2D eigenvalue weighted by molar-refractivity contribution is 6.39. The summed E-state index contributed by atoms with van der Waals surface area (Å²) in [5.41, 5.74) is 2.66. The molecule has 0 bridgehead atoms. The molecule has 0 fully saturated rings. The van der Waals surface area contributed by atoms with E-state index in [0.717, 1.165) is 36.3 Å². The van der Waals surface area contributed by atoms with Gasteiger partial charge in [0.05, 0.1) is 15.6 Å². The normalized spacial score (nSPS) is 11.6. The number of aliphatic carboxylic acids is 1. The fourth-order valence-corrected chi connectivity index (χ4v) is 3.88. The van der Waals surface area contributed by atoms with E-state index in [2.05, 4.69) is 20.6 Å². The zero-order valence-electron chi connectivity index (χ0n) is 18.0. The van der Waals surface area contributed by atoms with Crippen molar-refractivity contribution in [3.05, 3.63) is 87.3 Å². The van der Waals surface area contributed by atoms with Crippen LogP contribution < -0.4 is 10.6 Å². The van der Waals surface area contributed by atoms with Gasteiger partial charge in [0.1, 0.15) is 11.9 Å². The van der Waals surface area contributed by atoms with Gasteiger partial charge in [-0.25, -0.2) is 9.78 Å². The first-order valence-corrected chi connectivity index (χ1v) is 11.2. The molecule has 9 heteroatoms. The molecule has 3 rings (SSSR count). The molecule has 2 heterocycles. The van der Waals surface area contributed by atoms with E-state index in [-0.39, 0.29) is 22.0 Å². The van der Waals surface area contributed by atoms with Gasteiger partial charge in [-0.15, -0.1) is 0 Å². The van der Waals surface area contributed by atoms with Gasteiger partial charge in [0.15, 0.2) is 0 Å². The van der Waals surface area contributed by atoms with Crippen molar-refractivity contribution in [3.8, 4) is 0 Å².